The molecular weight excluding hydrogens is 274 g/mol. The second-order valence-electron chi connectivity index (χ2n) is 5.72. The number of hydrogen-bond acceptors (Lipinski definition) is 2. The quantitative estimate of drug-likeness (QED) is 0.892. The van der Waals surface area contributed by atoms with E-state index in [1.807, 2.05) is 39.2 Å². The van der Waals surface area contributed by atoms with Crippen LogP contribution in [0.1, 0.15) is 19.4 Å². The Bertz CT molecular complexity index is 635. The number of rotatable bonds is 2. The summed E-state index contributed by atoms with van der Waals surface area (Å²) in [5.74, 6) is 0.162. The monoisotopic (exact) mass is 293 g/mol. The van der Waals surface area contributed by atoms with E-state index in [1.54, 1.807) is 4.90 Å². The molecule has 1 aliphatic rings. The van der Waals surface area contributed by atoms with Crippen LogP contribution in [0.2, 0.25) is 0 Å². The minimum Gasteiger partial charge on any atom is -0.361 e. The van der Waals surface area contributed by atoms with E-state index < -0.39 is 0 Å². The number of aromatic nitrogens is 1. The van der Waals surface area contributed by atoms with Gasteiger partial charge in [0.15, 0.2) is 0 Å². The Labute approximate surface area is 124 Å². The van der Waals surface area contributed by atoms with Gasteiger partial charge in [-0.15, -0.1) is 12.4 Å². The topological polar surface area (TPSA) is 48.1 Å². The fourth-order valence-corrected chi connectivity index (χ4v) is 2.75. The lowest BCUT2D eigenvalue weighted by Gasteiger charge is -2.27. The van der Waals surface area contributed by atoms with Crippen LogP contribution >= 0.6 is 12.4 Å². The van der Waals surface area contributed by atoms with Gasteiger partial charge in [-0.3, -0.25) is 10.1 Å². The van der Waals surface area contributed by atoms with Gasteiger partial charge in [-0.25, -0.2) is 0 Å². The predicted octanol–water partition coefficient (Wildman–Crippen LogP) is 2.30. The largest absolute Gasteiger partial charge is 0.361 e. The summed E-state index contributed by atoms with van der Waals surface area (Å²) in [5, 5.41) is 4.59. The number of hydrogen-bond donors (Lipinski definition) is 2. The second kappa shape index (κ2) is 5.11. The van der Waals surface area contributed by atoms with Crippen molar-refractivity contribution in [2.24, 2.45) is 0 Å². The highest BCUT2D eigenvalue weighted by molar-refractivity contribution is 5.87. The molecule has 1 fully saturated rings. The van der Waals surface area contributed by atoms with E-state index in [0.717, 1.165) is 11.9 Å². The molecule has 1 aromatic carbocycles. The Morgan fingerprint density at radius 2 is 2.00 bits per heavy atom. The molecule has 1 saturated heterocycles. The van der Waals surface area contributed by atoms with Gasteiger partial charge >= 0.3 is 0 Å². The summed E-state index contributed by atoms with van der Waals surface area (Å²) in [6.45, 7) is 4.06. The molecule has 4 nitrogen and oxygen atoms in total. The predicted molar refractivity (Wildman–Crippen MR) is 83.0 cm³/mol. The third-order valence-electron chi connectivity index (χ3n) is 4.09. The summed E-state index contributed by atoms with van der Waals surface area (Å²) in [6.07, 6.45) is 2.72. The standard InChI is InChI=1S/C15H19N3O.ClH/c1-15(2)17-13(14(19)18(15)3)8-10-9-16-12-7-5-4-6-11(10)12;/h4-7,9,13,16-17H,8H2,1-3H3;1H/t13-;/m1./s1. The van der Waals surface area contributed by atoms with Crippen molar-refractivity contribution in [2.45, 2.75) is 32.0 Å². The Kier molecular flexibility index (Phi) is 3.80. The van der Waals surface area contributed by atoms with E-state index >= 15 is 0 Å². The zero-order chi connectivity index (χ0) is 13.6. The van der Waals surface area contributed by atoms with E-state index in [4.69, 9.17) is 0 Å². The van der Waals surface area contributed by atoms with E-state index in [-0.39, 0.29) is 30.0 Å². The van der Waals surface area contributed by atoms with Crippen molar-refractivity contribution in [1.29, 1.82) is 0 Å². The summed E-state index contributed by atoms with van der Waals surface area (Å²) in [5.41, 5.74) is 2.04. The molecule has 0 aliphatic carbocycles. The fourth-order valence-electron chi connectivity index (χ4n) is 2.75. The van der Waals surface area contributed by atoms with Gasteiger partial charge in [-0.1, -0.05) is 18.2 Å². The van der Waals surface area contributed by atoms with Crippen LogP contribution in [0, 0.1) is 0 Å². The number of fused-ring (bicyclic) bond motifs is 1. The van der Waals surface area contributed by atoms with Gasteiger partial charge in [0.1, 0.15) is 0 Å². The van der Waals surface area contributed by atoms with Gasteiger partial charge < -0.3 is 9.88 Å². The first-order chi connectivity index (χ1) is 8.99. The maximum absolute atomic E-state index is 12.2. The summed E-state index contributed by atoms with van der Waals surface area (Å²) >= 11 is 0. The van der Waals surface area contributed by atoms with Crippen LogP contribution in [0.3, 0.4) is 0 Å². The average molecular weight is 294 g/mol. The van der Waals surface area contributed by atoms with E-state index in [2.05, 4.69) is 22.4 Å². The van der Waals surface area contributed by atoms with Crippen LogP contribution in [0.25, 0.3) is 10.9 Å². The Hall–Kier alpha value is -1.52. The van der Waals surface area contributed by atoms with E-state index in [0.29, 0.717) is 0 Å². The molecule has 0 bridgehead atoms. The smallest absolute Gasteiger partial charge is 0.241 e. The number of likely N-dealkylation sites (N-methyl/N-ethyl adjacent to an activating group) is 1. The molecule has 3 rings (SSSR count). The number of para-hydroxylation sites is 1. The number of halogens is 1. The first kappa shape index (κ1) is 14.9. The van der Waals surface area contributed by atoms with Crippen LogP contribution in [0.4, 0.5) is 0 Å². The highest BCUT2D eigenvalue weighted by Gasteiger charge is 2.41. The summed E-state index contributed by atoms with van der Waals surface area (Å²) in [4.78, 5) is 17.3. The molecule has 20 heavy (non-hydrogen) atoms. The number of amides is 1. The third kappa shape index (κ3) is 2.30. The molecule has 2 aromatic rings. The van der Waals surface area contributed by atoms with Crippen LogP contribution < -0.4 is 5.32 Å². The number of nitrogens with zero attached hydrogens (tertiary/aromatic N) is 1. The number of carbonyl (C=O) groups excluding carboxylic acids is 1. The molecule has 0 unspecified atom stereocenters. The van der Waals surface area contributed by atoms with Crippen molar-refractivity contribution in [3.05, 3.63) is 36.0 Å². The summed E-state index contributed by atoms with van der Waals surface area (Å²) in [7, 11) is 1.85. The molecule has 2 N–H and O–H groups in total. The summed E-state index contributed by atoms with van der Waals surface area (Å²) < 4.78 is 0. The molecule has 1 aromatic heterocycles. The minimum atomic E-state index is -0.270. The van der Waals surface area contributed by atoms with Crippen LogP contribution in [-0.4, -0.2) is 34.5 Å². The lowest BCUT2D eigenvalue weighted by atomic mass is 10.1. The van der Waals surface area contributed by atoms with Crippen LogP contribution in [-0.2, 0) is 11.2 Å². The lowest BCUT2D eigenvalue weighted by Crippen LogP contribution is -2.45. The van der Waals surface area contributed by atoms with Gasteiger partial charge in [0.2, 0.25) is 5.91 Å². The highest BCUT2D eigenvalue weighted by Crippen LogP contribution is 2.24. The van der Waals surface area contributed by atoms with Crippen molar-refractivity contribution in [2.75, 3.05) is 7.05 Å². The van der Waals surface area contributed by atoms with Gasteiger partial charge in [0.25, 0.3) is 0 Å². The minimum absolute atomic E-state index is 0. The number of nitrogens with one attached hydrogen (secondary N) is 2. The van der Waals surface area contributed by atoms with E-state index in [9.17, 15) is 4.79 Å². The zero-order valence-corrected chi connectivity index (χ0v) is 12.8. The molecule has 1 aliphatic heterocycles. The fraction of sp³-hybridized carbons (Fsp3) is 0.400. The molecule has 1 amide bonds. The van der Waals surface area contributed by atoms with E-state index in [1.165, 1.54) is 10.9 Å². The normalized spacial score (nSPS) is 21.2. The molecule has 1 atom stereocenters. The van der Waals surface area contributed by atoms with Crippen molar-refractivity contribution in [1.82, 2.24) is 15.2 Å². The Morgan fingerprint density at radius 3 is 2.65 bits per heavy atom. The molecule has 5 heteroatoms. The lowest BCUT2D eigenvalue weighted by molar-refractivity contribution is -0.129. The number of carbonyl (C=O) groups is 1. The number of H-pyrrole nitrogens is 1. The van der Waals surface area contributed by atoms with Crippen molar-refractivity contribution >= 4 is 29.2 Å². The molecule has 108 valence electrons. The van der Waals surface area contributed by atoms with Crippen molar-refractivity contribution < 1.29 is 4.79 Å². The van der Waals surface area contributed by atoms with Crippen molar-refractivity contribution in [3.63, 3.8) is 0 Å². The molecular formula is C15H20ClN3O. The average Bonchev–Trinajstić information content (AvgIpc) is 2.87. The molecule has 0 radical (unpaired) electrons. The highest BCUT2D eigenvalue weighted by atomic mass is 35.5. The SMILES string of the molecule is CN1C(=O)[C@@H](Cc2c[nH]c3ccccc23)NC1(C)C.Cl. The maximum Gasteiger partial charge on any atom is 0.241 e. The summed E-state index contributed by atoms with van der Waals surface area (Å²) in [6, 6.07) is 8.05. The molecule has 2 heterocycles. The first-order valence-electron chi connectivity index (χ1n) is 6.59. The zero-order valence-electron chi connectivity index (χ0n) is 11.9. The molecule has 0 spiro atoms. The van der Waals surface area contributed by atoms with Gasteiger partial charge in [-0.2, -0.15) is 0 Å². The van der Waals surface area contributed by atoms with Gasteiger partial charge in [-0.05, 0) is 31.9 Å². The van der Waals surface area contributed by atoms with Gasteiger partial charge in [0, 0.05) is 24.1 Å². The Morgan fingerprint density at radius 1 is 1.30 bits per heavy atom. The third-order valence-corrected chi connectivity index (χ3v) is 4.09. The van der Waals surface area contributed by atoms with Crippen LogP contribution in [0.5, 0.6) is 0 Å². The van der Waals surface area contributed by atoms with Gasteiger partial charge in [0.05, 0.1) is 11.7 Å². The first-order valence-corrected chi connectivity index (χ1v) is 6.59. The van der Waals surface area contributed by atoms with Crippen LogP contribution in [0.15, 0.2) is 30.5 Å². The Balaban J connectivity index is 0.00000147. The number of benzene rings is 1. The maximum atomic E-state index is 12.2. The van der Waals surface area contributed by atoms with Crippen molar-refractivity contribution in [3.8, 4) is 0 Å². The molecule has 0 saturated carbocycles. The number of aromatic amines is 1. The second-order valence-corrected chi connectivity index (χ2v) is 5.72.